The number of allylic oxidation sites excluding steroid dienone is 1. The third-order valence-corrected chi connectivity index (χ3v) is 4.64. The molecule has 0 saturated carbocycles. The van der Waals surface area contributed by atoms with Gasteiger partial charge in [-0.25, -0.2) is 0 Å². The second-order valence-electron chi connectivity index (χ2n) is 5.13. The lowest BCUT2D eigenvalue weighted by Gasteiger charge is -2.33. The predicted molar refractivity (Wildman–Crippen MR) is 88.7 cm³/mol. The van der Waals surface area contributed by atoms with Crippen molar-refractivity contribution in [2.24, 2.45) is 5.92 Å². The van der Waals surface area contributed by atoms with Crippen molar-refractivity contribution in [1.82, 2.24) is 4.90 Å². The van der Waals surface area contributed by atoms with E-state index in [4.69, 9.17) is 10.00 Å². The summed E-state index contributed by atoms with van der Waals surface area (Å²) in [4.78, 5) is 2.44. The molecule has 0 aliphatic carbocycles. The first-order valence-corrected chi connectivity index (χ1v) is 8.12. The Morgan fingerprint density at radius 3 is 2.60 bits per heavy atom. The van der Waals surface area contributed by atoms with E-state index in [1.165, 1.54) is 18.5 Å². The smallest absolute Gasteiger partial charge is 0.119 e. The number of ether oxygens (including phenoxy) is 1. The summed E-state index contributed by atoms with van der Waals surface area (Å²) in [6.07, 6.45) is 2.36. The van der Waals surface area contributed by atoms with E-state index in [1.54, 1.807) is 12.1 Å². The molecule has 106 valence electrons. The zero-order valence-electron chi connectivity index (χ0n) is 11.7. The summed E-state index contributed by atoms with van der Waals surface area (Å²) in [5.74, 6) is 1.48. The molecule has 0 N–H and O–H groups in total. The number of likely N-dealkylation sites (tertiary alicyclic amines) is 1. The minimum absolute atomic E-state index is 0.629. The van der Waals surface area contributed by atoms with Gasteiger partial charge in [0.15, 0.2) is 0 Å². The lowest BCUT2D eigenvalue weighted by Crippen LogP contribution is -2.34. The molecule has 4 heteroatoms. The van der Waals surface area contributed by atoms with E-state index in [0.29, 0.717) is 11.5 Å². The summed E-state index contributed by atoms with van der Waals surface area (Å²) in [5.41, 5.74) is 2.03. The predicted octanol–water partition coefficient (Wildman–Crippen LogP) is 3.95. The molecule has 20 heavy (non-hydrogen) atoms. The molecule has 3 nitrogen and oxygen atoms in total. The van der Waals surface area contributed by atoms with Gasteiger partial charge in [0.2, 0.25) is 0 Å². The number of piperidine rings is 1. The molecular weight excluding hydrogens is 363 g/mol. The monoisotopic (exact) mass is 382 g/mol. The molecular formula is C16H19IN2O. The van der Waals surface area contributed by atoms with Crippen LogP contribution in [-0.4, -0.2) is 24.6 Å². The molecule has 2 rings (SSSR count). The molecule has 0 radical (unpaired) electrons. The fraction of sp³-hybridized carbons (Fsp3) is 0.438. The van der Waals surface area contributed by atoms with Crippen LogP contribution in [0.3, 0.4) is 0 Å². The van der Waals surface area contributed by atoms with E-state index >= 15 is 0 Å². The van der Waals surface area contributed by atoms with Crippen LogP contribution in [0.2, 0.25) is 0 Å². The Kier molecular flexibility index (Phi) is 5.72. The lowest BCUT2D eigenvalue weighted by atomic mass is 9.97. The summed E-state index contributed by atoms with van der Waals surface area (Å²) < 4.78 is 7.97. The second kappa shape index (κ2) is 7.53. The number of halogens is 1. The molecule has 1 aliphatic rings. The summed E-state index contributed by atoms with van der Waals surface area (Å²) in [7, 11) is 0. The zero-order chi connectivity index (χ0) is 14.4. The topological polar surface area (TPSA) is 36.3 Å². The molecule has 1 aromatic carbocycles. The maximum Gasteiger partial charge on any atom is 0.119 e. The normalized spacial score (nSPS) is 16.9. The number of hydrogen-bond acceptors (Lipinski definition) is 3. The molecule has 0 atom stereocenters. The van der Waals surface area contributed by atoms with Gasteiger partial charge in [-0.3, -0.25) is 0 Å². The highest BCUT2D eigenvalue weighted by Crippen LogP contribution is 2.22. The Labute approximate surface area is 134 Å². The standard InChI is InChI=1S/C16H19IN2O/c1-13(10-17)19-8-6-15(7-9-19)12-20-16-4-2-14(11-18)3-5-16/h2-5,10,15H,6-9,12H2,1H3/b13-10+. The van der Waals surface area contributed by atoms with E-state index in [-0.39, 0.29) is 0 Å². The van der Waals surface area contributed by atoms with Gasteiger partial charge in [-0.05, 0) is 54.0 Å². The maximum absolute atomic E-state index is 8.75. The Balaban J connectivity index is 1.77. The quantitative estimate of drug-likeness (QED) is 0.740. The van der Waals surface area contributed by atoms with E-state index in [1.807, 2.05) is 12.1 Å². The van der Waals surface area contributed by atoms with Crippen molar-refractivity contribution in [1.29, 1.82) is 5.26 Å². The summed E-state index contributed by atoms with van der Waals surface area (Å²) in [6.45, 7) is 5.17. The largest absolute Gasteiger partial charge is 0.493 e. The van der Waals surface area contributed by atoms with Gasteiger partial charge in [0, 0.05) is 18.8 Å². The van der Waals surface area contributed by atoms with Crippen LogP contribution < -0.4 is 4.74 Å². The van der Waals surface area contributed by atoms with Crippen LogP contribution in [0.25, 0.3) is 0 Å². The molecule has 1 saturated heterocycles. The van der Waals surface area contributed by atoms with Crippen LogP contribution in [0.15, 0.2) is 34.0 Å². The van der Waals surface area contributed by atoms with E-state index in [2.05, 4.69) is 44.6 Å². The van der Waals surface area contributed by atoms with Gasteiger partial charge in [-0.15, -0.1) is 0 Å². The van der Waals surface area contributed by atoms with E-state index < -0.39 is 0 Å². The number of nitriles is 1. The van der Waals surface area contributed by atoms with E-state index in [9.17, 15) is 0 Å². The van der Waals surface area contributed by atoms with Crippen LogP contribution in [0.4, 0.5) is 0 Å². The molecule has 0 spiro atoms. The molecule has 1 aromatic rings. The van der Waals surface area contributed by atoms with Crippen molar-refractivity contribution < 1.29 is 4.74 Å². The summed E-state index contributed by atoms with van der Waals surface area (Å²) in [6, 6.07) is 9.45. The van der Waals surface area contributed by atoms with Gasteiger partial charge >= 0.3 is 0 Å². The van der Waals surface area contributed by atoms with Crippen molar-refractivity contribution in [3.63, 3.8) is 0 Å². The minimum atomic E-state index is 0.629. The number of benzene rings is 1. The third kappa shape index (κ3) is 4.14. The summed E-state index contributed by atoms with van der Waals surface area (Å²) >= 11 is 2.30. The Morgan fingerprint density at radius 1 is 1.40 bits per heavy atom. The molecule has 1 fully saturated rings. The Hall–Kier alpha value is -1.22. The zero-order valence-corrected chi connectivity index (χ0v) is 13.8. The molecule has 1 aliphatic heterocycles. The first kappa shape index (κ1) is 15.2. The number of rotatable bonds is 4. The van der Waals surface area contributed by atoms with Gasteiger partial charge in [0.1, 0.15) is 5.75 Å². The average Bonchev–Trinajstić information content (AvgIpc) is 2.53. The van der Waals surface area contributed by atoms with Gasteiger partial charge in [-0.1, -0.05) is 22.6 Å². The van der Waals surface area contributed by atoms with Crippen molar-refractivity contribution in [3.05, 3.63) is 39.6 Å². The molecule has 0 unspecified atom stereocenters. The van der Waals surface area contributed by atoms with Crippen LogP contribution in [0.1, 0.15) is 25.3 Å². The van der Waals surface area contributed by atoms with Gasteiger partial charge in [-0.2, -0.15) is 5.26 Å². The van der Waals surface area contributed by atoms with Gasteiger partial charge in [0.25, 0.3) is 0 Å². The lowest BCUT2D eigenvalue weighted by molar-refractivity contribution is 0.164. The molecule has 1 heterocycles. The average molecular weight is 382 g/mol. The van der Waals surface area contributed by atoms with Crippen LogP contribution in [0.5, 0.6) is 5.75 Å². The van der Waals surface area contributed by atoms with Crippen molar-refractivity contribution in [2.75, 3.05) is 19.7 Å². The van der Waals surface area contributed by atoms with Gasteiger partial charge in [0.05, 0.1) is 18.2 Å². The highest BCUT2D eigenvalue weighted by atomic mass is 127. The Bertz CT molecular complexity index is 496. The van der Waals surface area contributed by atoms with Crippen molar-refractivity contribution >= 4 is 22.6 Å². The second-order valence-corrected chi connectivity index (χ2v) is 5.75. The first-order chi connectivity index (χ1) is 9.72. The number of nitrogens with zero attached hydrogens (tertiary/aromatic N) is 2. The van der Waals surface area contributed by atoms with Crippen LogP contribution >= 0.6 is 22.6 Å². The molecule has 0 aromatic heterocycles. The van der Waals surface area contributed by atoms with Crippen LogP contribution in [0, 0.1) is 17.2 Å². The fourth-order valence-corrected chi connectivity index (χ4v) is 2.76. The van der Waals surface area contributed by atoms with Gasteiger partial charge < -0.3 is 9.64 Å². The maximum atomic E-state index is 8.75. The molecule has 0 amide bonds. The fourth-order valence-electron chi connectivity index (χ4n) is 2.36. The SMILES string of the molecule is C/C(=C\I)N1CCC(COc2ccc(C#N)cc2)CC1. The number of hydrogen-bond donors (Lipinski definition) is 0. The van der Waals surface area contributed by atoms with Crippen LogP contribution in [-0.2, 0) is 0 Å². The minimum Gasteiger partial charge on any atom is -0.493 e. The third-order valence-electron chi connectivity index (χ3n) is 3.74. The Morgan fingerprint density at radius 2 is 2.05 bits per heavy atom. The van der Waals surface area contributed by atoms with E-state index in [0.717, 1.165) is 25.4 Å². The highest BCUT2D eigenvalue weighted by molar-refractivity contribution is 14.1. The summed E-state index contributed by atoms with van der Waals surface area (Å²) in [5, 5.41) is 8.75. The first-order valence-electron chi connectivity index (χ1n) is 6.88. The van der Waals surface area contributed by atoms with Crippen molar-refractivity contribution in [3.8, 4) is 11.8 Å². The van der Waals surface area contributed by atoms with Crippen molar-refractivity contribution in [2.45, 2.75) is 19.8 Å². The molecule has 0 bridgehead atoms. The highest BCUT2D eigenvalue weighted by Gasteiger charge is 2.19.